The van der Waals surface area contributed by atoms with Gasteiger partial charge in [0.05, 0.1) is 0 Å². The summed E-state index contributed by atoms with van der Waals surface area (Å²) in [7, 11) is 0. The van der Waals surface area contributed by atoms with Gasteiger partial charge in [-0.3, -0.25) is 4.79 Å². The van der Waals surface area contributed by atoms with Gasteiger partial charge in [-0.15, -0.1) is 0 Å². The fraction of sp³-hybridized carbons (Fsp3) is 0.308. The molecule has 0 bridgehead atoms. The number of nitrogens with one attached hydrogen (secondary N) is 1. The van der Waals surface area contributed by atoms with E-state index in [-0.39, 0.29) is 11.8 Å². The first-order valence-electron chi connectivity index (χ1n) is 5.34. The van der Waals surface area contributed by atoms with Crippen molar-refractivity contribution in [2.45, 2.75) is 18.8 Å². The molecule has 0 aliphatic carbocycles. The molecule has 1 unspecified atom stereocenters. The molecule has 78 valence electrons. The van der Waals surface area contributed by atoms with Crippen molar-refractivity contribution in [1.82, 2.24) is 5.32 Å². The fourth-order valence-electron chi connectivity index (χ4n) is 1.82. The molecular formula is C13H15NO. The van der Waals surface area contributed by atoms with Crippen LogP contribution >= 0.6 is 0 Å². The van der Waals surface area contributed by atoms with Crippen molar-refractivity contribution in [1.29, 1.82) is 0 Å². The summed E-state index contributed by atoms with van der Waals surface area (Å²) >= 11 is 0. The molecule has 0 fully saturated rings. The average molecular weight is 201 g/mol. The molecule has 0 aromatic heterocycles. The maximum Gasteiger partial charge on any atom is 0.220 e. The Bertz CT molecular complexity index is 356. The SMILES string of the molecule is O=C1CC(c2ccccc2)/C=C\CCN1. The van der Waals surface area contributed by atoms with Gasteiger partial charge in [0.2, 0.25) is 5.91 Å². The van der Waals surface area contributed by atoms with E-state index < -0.39 is 0 Å². The van der Waals surface area contributed by atoms with Crippen LogP contribution in [0.15, 0.2) is 42.5 Å². The van der Waals surface area contributed by atoms with Crippen molar-refractivity contribution in [3.05, 3.63) is 48.0 Å². The lowest BCUT2D eigenvalue weighted by Gasteiger charge is -2.15. The number of rotatable bonds is 1. The molecule has 0 radical (unpaired) electrons. The van der Waals surface area contributed by atoms with Crippen LogP contribution in [-0.4, -0.2) is 12.5 Å². The second-order valence-electron chi connectivity index (χ2n) is 3.79. The maximum absolute atomic E-state index is 11.5. The van der Waals surface area contributed by atoms with Gasteiger partial charge in [-0.1, -0.05) is 42.5 Å². The van der Waals surface area contributed by atoms with Crippen LogP contribution in [0.25, 0.3) is 0 Å². The highest BCUT2D eigenvalue weighted by atomic mass is 16.1. The highest BCUT2D eigenvalue weighted by Gasteiger charge is 2.13. The summed E-state index contributed by atoms with van der Waals surface area (Å²) in [4.78, 5) is 11.5. The molecule has 1 aliphatic heterocycles. The fourth-order valence-corrected chi connectivity index (χ4v) is 1.82. The Balaban J connectivity index is 2.19. The molecule has 1 amide bonds. The number of allylic oxidation sites excluding steroid dienone is 1. The van der Waals surface area contributed by atoms with E-state index in [9.17, 15) is 4.79 Å². The zero-order chi connectivity index (χ0) is 10.5. The predicted octanol–water partition coefficient (Wildman–Crippen LogP) is 2.24. The molecule has 2 rings (SSSR count). The molecule has 1 aromatic rings. The van der Waals surface area contributed by atoms with E-state index in [0.29, 0.717) is 6.42 Å². The Labute approximate surface area is 90.0 Å². The van der Waals surface area contributed by atoms with E-state index in [4.69, 9.17) is 0 Å². The van der Waals surface area contributed by atoms with Gasteiger partial charge >= 0.3 is 0 Å². The number of hydrogen-bond acceptors (Lipinski definition) is 1. The van der Waals surface area contributed by atoms with Crippen molar-refractivity contribution in [3.63, 3.8) is 0 Å². The lowest BCUT2D eigenvalue weighted by atomic mass is 9.94. The van der Waals surface area contributed by atoms with Crippen LogP contribution in [0.3, 0.4) is 0 Å². The topological polar surface area (TPSA) is 29.1 Å². The molecule has 1 aliphatic rings. The highest BCUT2D eigenvalue weighted by Crippen LogP contribution is 2.21. The Hall–Kier alpha value is -1.57. The zero-order valence-corrected chi connectivity index (χ0v) is 8.65. The molecule has 1 aromatic carbocycles. The van der Waals surface area contributed by atoms with E-state index >= 15 is 0 Å². The van der Waals surface area contributed by atoms with Crippen molar-refractivity contribution in [3.8, 4) is 0 Å². The van der Waals surface area contributed by atoms with E-state index in [2.05, 4.69) is 29.6 Å². The van der Waals surface area contributed by atoms with Gasteiger partial charge in [0.15, 0.2) is 0 Å². The smallest absolute Gasteiger partial charge is 0.220 e. The molecule has 0 spiro atoms. The minimum absolute atomic E-state index is 0.146. The van der Waals surface area contributed by atoms with Crippen molar-refractivity contribution < 1.29 is 4.79 Å². The Morgan fingerprint density at radius 1 is 1.20 bits per heavy atom. The van der Waals surface area contributed by atoms with E-state index in [1.54, 1.807) is 0 Å². The molecule has 0 saturated carbocycles. The Kier molecular flexibility index (Phi) is 3.18. The normalized spacial score (nSPS) is 23.7. The minimum atomic E-state index is 0.146. The molecule has 2 heteroatoms. The first-order valence-corrected chi connectivity index (χ1v) is 5.34. The third-order valence-corrected chi connectivity index (χ3v) is 2.63. The van der Waals surface area contributed by atoms with E-state index in [0.717, 1.165) is 13.0 Å². The predicted molar refractivity (Wildman–Crippen MR) is 60.6 cm³/mol. The van der Waals surface area contributed by atoms with Crippen LogP contribution in [0.5, 0.6) is 0 Å². The monoisotopic (exact) mass is 201 g/mol. The number of carbonyl (C=O) groups excluding carboxylic acids is 1. The van der Waals surface area contributed by atoms with Gasteiger partial charge < -0.3 is 5.32 Å². The van der Waals surface area contributed by atoms with Crippen LogP contribution in [0.4, 0.5) is 0 Å². The van der Waals surface area contributed by atoms with Gasteiger partial charge in [0.25, 0.3) is 0 Å². The molecule has 1 N–H and O–H groups in total. The Morgan fingerprint density at radius 3 is 2.80 bits per heavy atom. The van der Waals surface area contributed by atoms with Crippen LogP contribution < -0.4 is 5.32 Å². The van der Waals surface area contributed by atoms with Crippen molar-refractivity contribution >= 4 is 5.91 Å². The number of amides is 1. The van der Waals surface area contributed by atoms with Gasteiger partial charge in [-0.05, 0) is 12.0 Å². The molecular weight excluding hydrogens is 186 g/mol. The van der Waals surface area contributed by atoms with Crippen LogP contribution in [0, 0.1) is 0 Å². The number of carbonyl (C=O) groups is 1. The standard InChI is InChI=1S/C13H15NO/c15-13-10-12(8-4-5-9-14-13)11-6-2-1-3-7-11/h1-4,6-8,12H,5,9-10H2,(H,14,15)/b8-4-. The van der Waals surface area contributed by atoms with Crippen molar-refractivity contribution in [2.24, 2.45) is 0 Å². The summed E-state index contributed by atoms with van der Waals surface area (Å²) in [6, 6.07) is 10.2. The lowest BCUT2D eigenvalue weighted by molar-refractivity contribution is -0.121. The van der Waals surface area contributed by atoms with Gasteiger partial charge in [0, 0.05) is 18.9 Å². The third-order valence-electron chi connectivity index (χ3n) is 2.63. The third kappa shape index (κ3) is 2.69. The lowest BCUT2D eigenvalue weighted by Crippen LogP contribution is -2.26. The summed E-state index contributed by atoms with van der Waals surface area (Å²) in [6.45, 7) is 0.761. The minimum Gasteiger partial charge on any atom is -0.356 e. The number of hydrogen-bond donors (Lipinski definition) is 1. The van der Waals surface area contributed by atoms with Crippen LogP contribution in [0.1, 0.15) is 24.3 Å². The van der Waals surface area contributed by atoms with Gasteiger partial charge in [0.1, 0.15) is 0 Å². The van der Waals surface area contributed by atoms with E-state index in [1.165, 1.54) is 5.56 Å². The second-order valence-corrected chi connectivity index (χ2v) is 3.79. The van der Waals surface area contributed by atoms with Crippen LogP contribution in [0.2, 0.25) is 0 Å². The molecule has 1 heterocycles. The summed E-state index contributed by atoms with van der Waals surface area (Å²) in [5, 5.41) is 2.89. The van der Waals surface area contributed by atoms with Crippen molar-refractivity contribution in [2.75, 3.05) is 6.54 Å². The first-order chi connectivity index (χ1) is 7.36. The number of benzene rings is 1. The van der Waals surface area contributed by atoms with Crippen LogP contribution in [-0.2, 0) is 4.79 Å². The summed E-state index contributed by atoms with van der Waals surface area (Å²) in [5.41, 5.74) is 1.21. The van der Waals surface area contributed by atoms with E-state index in [1.807, 2.05) is 18.2 Å². The molecule has 1 atom stereocenters. The summed E-state index contributed by atoms with van der Waals surface area (Å²) in [6.07, 6.45) is 5.78. The molecule has 0 saturated heterocycles. The highest BCUT2D eigenvalue weighted by molar-refractivity contribution is 5.77. The molecule has 15 heavy (non-hydrogen) atoms. The van der Waals surface area contributed by atoms with Gasteiger partial charge in [-0.25, -0.2) is 0 Å². The average Bonchev–Trinajstić information content (AvgIpc) is 2.24. The summed E-state index contributed by atoms with van der Waals surface area (Å²) in [5.74, 6) is 0.375. The molecule has 2 nitrogen and oxygen atoms in total. The quantitative estimate of drug-likeness (QED) is 0.694. The Morgan fingerprint density at radius 2 is 2.00 bits per heavy atom. The summed E-state index contributed by atoms with van der Waals surface area (Å²) < 4.78 is 0. The zero-order valence-electron chi connectivity index (χ0n) is 8.65. The first kappa shape index (κ1) is 9.97. The largest absolute Gasteiger partial charge is 0.356 e. The van der Waals surface area contributed by atoms with Gasteiger partial charge in [-0.2, -0.15) is 0 Å². The maximum atomic E-state index is 11.5. The second kappa shape index (κ2) is 4.78.